The smallest absolute Gasteiger partial charge is 0.186 e. The van der Waals surface area contributed by atoms with Crippen molar-refractivity contribution in [3.8, 4) is 0 Å². The van der Waals surface area contributed by atoms with Crippen LogP contribution in [0.5, 0.6) is 0 Å². The van der Waals surface area contributed by atoms with E-state index in [-0.39, 0.29) is 5.82 Å². The van der Waals surface area contributed by atoms with E-state index in [1.165, 1.54) is 29.8 Å². The lowest BCUT2D eigenvalue weighted by Gasteiger charge is -2.14. The zero-order chi connectivity index (χ0) is 13.2. The first kappa shape index (κ1) is 12.0. The second-order valence-corrected chi connectivity index (χ2v) is 5.22. The molecule has 0 atom stereocenters. The summed E-state index contributed by atoms with van der Waals surface area (Å²) in [5.74, 6) is -0.234. The monoisotopic (exact) mass is 274 g/mol. The Bertz CT molecular complexity index is 698. The number of hydrogen-bond acceptors (Lipinski definition) is 5. The predicted molar refractivity (Wildman–Crippen MR) is 73.7 cm³/mol. The van der Waals surface area contributed by atoms with E-state index in [4.69, 9.17) is 0 Å². The van der Waals surface area contributed by atoms with Gasteiger partial charge in [0.25, 0.3) is 0 Å². The van der Waals surface area contributed by atoms with E-state index in [2.05, 4.69) is 15.0 Å². The van der Waals surface area contributed by atoms with E-state index in [9.17, 15) is 4.39 Å². The quantitative estimate of drug-likeness (QED) is 0.736. The molecular weight excluding hydrogens is 263 g/mol. The molecule has 3 aromatic rings. The summed E-state index contributed by atoms with van der Waals surface area (Å²) >= 11 is 1.47. The molecule has 4 nitrogen and oxygen atoms in total. The van der Waals surface area contributed by atoms with Crippen LogP contribution in [0, 0.1) is 5.82 Å². The van der Waals surface area contributed by atoms with Crippen molar-refractivity contribution < 1.29 is 4.39 Å². The molecule has 6 heteroatoms. The molecule has 0 bridgehead atoms. The van der Waals surface area contributed by atoms with Crippen molar-refractivity contribution in [2.24, 2.45) is 0 Å². The summed E-state index contributed by atoms with van der Waals surface area (Å²) in [5.41, 5.74) is 1.83. The standard InChI is InChI=1S/C13H11FN4S/c1-18(7-9-5-15-8-16-6-9)13-17-11-3-2-10(14)4-12(11)19-13/h2-6,8H,7H2,1H3. The lowest BCUT2D eigenvalue weighted by Crippen LogP contribution is -2.16. The number of halogens is 1. The molecule has 1 aromatic carbocycles. The average Bonchev–Trinajstić information content (AvgIpc) is 2.83. The maximum Gasteiger partial charge on any atom is 0.186 e. The van der Waals surface area contributed by atoms with Crippen molar-refractivity contribution in [2.45, 2.75) is 6.54 Å². The lowest BCUT2D eigenvalue weighted by molar-refractivity contribution is 0.630. The van der Waals surface area contributed by atoms with Crippen LogP contribution in [0.2, 0.25) is 0 Å². The number of thiazole rings is 1. The van der Waals surface area contributed by atoms with Gasteiger partial charge in [0.1, 0.15) is 12.1 Å². The van der Waals surface area contributed by atoms with Gasteiger partial charge in [-0.2, -0.15) is 0 Å². The molecule has 0 spiro atoms. The number of hydrogen-bond donors (Lipinski definition) is 0. The summed E-state index contributed by atoms with van der Waals surface area (Å²) in [6.45, 7) is 0.670. The molecule has 0 saturated carbocycles. The van der Waals surface area contributed by atoms with Crippen LogP contribution in [0.4, 0.5) is 9.52 Å². The SMILES string of the molecule is CN(Cc1cncnc1)c1nc2ccc(F)cc2s1. The van der Waals surface area contributed by atoms with Crippen molar-refractivity contribution in [2.75, 3.05) is 11.9 Å². The first-order chi connectivity index (χ1) is 9.22. The summed E-state index contributed by atoms with van der Waals surface area (Å²) in [5, 5.41) is 0.851. The van der Waals surface area contributed by atoms with Gasteiger partial charge in [0.05, 0.1) is 10.2 Å². The van der Waals surface area contributed by atoms with Crippen LogP contribution in [0.25, 0.3) is 10.2 Å². The maximum atomic E-state index is 13.1. The fraction of sp³-hybridized carbons (Fsp3) is 0.154. The summed E-state index contributed by atoms with van der Waals surface area (Å²) in [6.07, 6.45) is 5.05. The van der Waals surface area contributed by atoms with Gasteiger partial charge in [-0.25, -0.2) is 19.3 Å². The van der Waals surface area contributed by atoms with Gasteiger partial charge in [0, 0.05) is 31.5 Å². The molecule has 0 amide bonds. The Morgan fingerprint density at radius 3 is 2.84 bits per heavy atom. The Balaban J connectivity index is 1.87. The Morgan fingerprint density at radius 2 is 2.05 bits per heavy atom. The molecule has 0 radical (unpaired) electrons. The van der Waals surface area contributed by atoms with E-state index in [0.717, 1.165) is 20.9 Å². The Labute approximate surface area is 113 Å². The number of aromatic nitrogens is 3. The van der Waals surface area contributed by atoms with E-state index < -0.39 is 0 Å². The fourth-order valence-corrected chi connectivity index (χ4v) is 2.75. The Morgan fingerprint density at radius 1 is 1.26 bits per heavy atom. The highest BCUT2D eigenvalue weighted by molar-refractivity contribution is 7.22. The van der Waals surface area contributed by atoms with Gasteiger partial charge in [-0.05, 0) is 18.2 Å². The van der Waals surface area contributed by atoms with Crippen LogP contribution in [-0.2, 0) is 6.54 Å². The molecule has 0 aliphatic heterocycles. The first-order valence-corrected chi connectivity index (χ1v) is 6.55. The van der Waals surface area contributed by atoms with Crippen LogP contribution in [0.1, 0.15) is 5.56 Å². The lowest BCUT2D eigenvalue weighted by atomic mass is 10.3. The van der Waals surface area contributed by atoms with Gasteiger partial charge < -0.3 is 4.90 Å². The predicted octanol–water partition coefficient (Wildman–Crippen LogP) is 2.86. The zero-order valence-electron chi connectivity index (χ0n) is 10.2. The highest BCUT2D eigenvalue weighted by Crippen LogP contribution is 2.29. The van der Waals surface area contributed by atoms with Gasteiger partial charge in [-0.15, -0.1) is 0 Å². The Kier molecular flexibility index (Phi) is 3.08. The second kappa shape index (κ2) is 4.89. The number of fused-ring (bicyclic) bond motifs is 1. The van der Waals surface area contributed by atoms with E-state index in [1.54, 1.807) is 18.5 Å². The molecular formula is C13H11FN4S. The number of benzene rings is 1. The van der Waals surface area contributed by atoms with Crippen molar-refractivity contribution in [3.05, 3.63) is 48.3 Å². The summed E-state index contributed by atoms with van der Waals surface area (Å²) in [4.78, 5) is 14.5. The van der Waals surface area contributed by atoms with E-state index in [1.807, 2.05) is 11.9 Å². The van der Waals surface area contributed by atoms with Gasteiger partial charge in [-0.1, -0.05) is 11.3 Å². The van der Waals surface area contributed by atoms with E-state index in [0.29, 0.717) is 6.54 Å². The topological polar surface area (TPSA) is 41.9 Å². The number of rotatable bonds is 3. The minimum Gasteiger partial charge on any atom is -0.347 e. The molecule has 96 valence electrons. The summed E-state index contributed by atoms with van der Waals surface area (Å²) in [7, 11) is 1.95. The van der Waals surface area contributed by atoms with Crippen molar-refractivity contribution in [1.29, 1.82) is 0 Å². The first-order valence-electron chi connectivity index (χ1n) is 5.73. The molecule has 0 fully saturated rings. The van der Waals surface area contributed by atoms with Crippen LogP contribution in [-0.4, -0.2) is 22.0 Å². The van der Waals surface area contributed by atoms with Gasteiger partial charge in [0.15, 0.2) is 5.13 Å². The second-order valence-electron chi connectivity index (χ2n) is 4.21. The number of nitrogens with zero attached hydrogens (tertiary/aromatic N) is 4. The normalized spacial score (nSPS) is 10.8. The third-order valence-electron chi connectivity index (χ3n) is 2.70. The molecule has 2 heterocycles. The molecule has 0 aliphatic rings. The van der Waals surface area contributed by atoms with Gasteiger partial charge in [0.2, 0.25) is 0 Å². The molecule has 19 heavy (non-hydrogen) atoms. The fourth-order valence-electron chi connectivity index (χ4n) is 1.80. The molecule has 0 N–H and O–H groups in total. The Hall–Kier alpha value is -2.08. The van der Waals surface area contributed by atoms with Gasteiger partial charge >= 0.3 is 0 Å². The van der Waals surface area contributed by atoms with E-state index >= 15 is 0 Å². The third-order valence-corrected chi connectivity index (χ3v) is 3.83. The van der Waals surface area contributed by atoms with Crippen LogP contribution < -0.4 is 4.90 Å². The highest BCUT2D eigenvalue weighted by atomic mass is 32.1. The van der Waals surface area contributed by atoms with Crippen molar-refractivity contribution >= 4 is 26.7 Å². The molecule has 0 saturated heterocycles. The van der Waals surface area contributed by atoms with Crippen LogP contribution >= 0.6 is 11.3 Å². The zero-order valence-corrected chi connectivity index (χ0v) is 11.1. The highest BCUT2D eigenvalue weighted by Gasteiger charge is 2.09. The summed E-state index contributed by atoms with van der Waals surface area (Å²) in [6, 6.07) is 4.64. The van der Waals surface area contributed by atoms with Crippen molar-refractivity contribution in [3.63, 3.8) is 0 Å². The summed E-state index contributed by atoms with van der Waals surface area (Å²) < 4.78 is 14.0. The minimum absolute atomic E-state index is 0.234. The molecule has 0 aliphatic carbocycles. The van der Waals surface area contributed by atoms with Crippen molar-refractivity contribution in [1.82, 2.24) is 15.0 Å². The molecule has 3 rings (SSSR count). The van der Waals surface area contributed by atoms with Gasteiger partial charge in [-0.3, -0.25) is 0 Å². The minimum atomic E-state index is -0.234. The van der Waals surface area contributed by atoms with Crippen LogP contribution in [0.15, 0.2) is 36.9 Å². The third kappa shape index (κ3) is 2.53. The number of anilines is 1. The molecule has 2 aromatic heterocycles. The average molecular weight is 274 g/mol. The van der Waals surface area contributed by atoms with Crippen LogP contribution in [0.3, 0.4) is 0 Å². The molecule has 0 unspecified atom stereocenters. The maximum absolute atomic E-state index is 13.1. The largest absolute Gasteiger partial charge is 0.347 e.